The van der Waals surface area contributed by atoms with E-state index in [0.29, 0.717) is 10.7 Å². The van der Waals surface area contributed by atoms with Crippen LogP contribution in [0.3, 0.4) is 0 Å². The first-order valence-electron chi connectivity index (χ1n) is 4.48. The standard InChI is InChI=1S/C10H12N2O3S/c1-7(2)9(14)15-6-12-8(13)4-5-11-10(12)16-3/h4-5H,1,6H2,2-3H3. The van der Waals surface area contributed by atoms with Crippen LogP contribution < -0.4 is 5.56 Å². The summed E-state index contributed by atoms with van der Waals surface area (Å²) < 4.78 is 6.17. The van der Waals surface area contributed by atoms with Gasteiger partial charge in [0.05, 0.1) is 0 Å². The summed E-state index contributed by atoms with van der Waals surface area (Å²) in [7, 11) is 0. The van der Waals surface area contributed by atoms with E-state index in [2.05, 4.69) is 11.6 Å². The highest BCUT2D eigenvalue weighted by Crippen LogP contribution is 2.08. The normalized spacial score (nSPS) is 9.88. The van der Waals surface area contributed by atoms with E-state index in [0.717, 1.165) is 0 Å². The Morgan fingerprint density at radius 2 is 2.38 bits per heavy atom. The van der Waals surface area contributed by atoms with Crippen molar-refractivity contribution in [1.82, 2.24) is 9.55 Å². The molecule has 0 saturated carbocycles. The molecule has 0 bridgehead atoms. The Bertz CT molecular complexity index is 467. The van der Waals surface area contributed by atoms with E-state index in [4.69, 9.17) is 4.74 Å². The maximum Gasteiger partial charge on any atom is 0.334 e. The summed E-state index contributed by atoms with van der Waals surface area (Å²) in [6.07, 6.45) is 3.21. The fraction of sp³-hybridized carbons (Fsp3) is 0.300. The summed E-state index contributed by atoms with van der Waals surface area (Å²) >= 11 is 1.31. The first-order chi connectivity index (χ1) is 7.56. The highest BCUT2D eigenvalue weighted by molar-refractivity contribution is 7.98. The number of carbonyl (C=O) groups is 1. The molecule has 1 aromatic heterocycles. The second-order valence-electron chi connectivity index (χ2n) is 3.04. The second kappa shape index (κ2) is 5.50. The zero-order chi connectivity index (χ0) is 12.1. The zero-order valence-corrected chi connectivity index (χ0v) is 9.91. The van der Waals surface area contributed by atoms with Gasteiger partial charge in [-0.05, 0) is 13.2 Å². The van der Waals surface area contributed by atoms with Gasteiger partial charge in [-0.2, -0.15) is 0 Å². The van der Waals surface area contributed by atoms with E-state index < -0.39 is 5.97 Å². The first-order valence-corrected chi connectivity index (χ1v) is 5.71. The molecule has 0 spiro atoms. The Morgan fingerprint density at radius 1 is 1.69 bits per heavy atom. The van der Waals surface area contributed by atoms with E-state index in [9.17, 15) is 9.59 Å². The molecule has 1 aromatic rings. The summed E-state index contributed by atoms with van der Waals surface area (Å²) in [5.41, 5.74) is 0.0384. The van der Waals surface area contributed by atoms with Gasteiger partial charge in [0.15, 0.2) is 11.9 Å². The number of ether oxygens (including phenoxy) is 1. The smallest absolute Gasteiger partial charge is 0.334 e. The van der Waals surface area contributed by atoms with Crippen LogP contribution in [0.4, 0.5) is 0 Å². The van der Waals surface area contributed by atoms with E-state index in [1.54, 1.807) is 13.2 Å². The van der Waals surface area contributed by atoms with Gasteiger partial charge >= 0.3 is 5.97 Å². The van der Waals surface area contributed by atoms with Gasteiger partial charge in [0, 0.05) is 17.8 Å². The summed E-state index contributed by atoms with van der Waals surface area (Å²) in [4.78, 5) is 26.6. The van der Waals surface area contributed by atoms with Crippen molar-refractivity contribution in [2.24, 2.45) is 0 Å². The van der Waals surface area contributed by atoms with Crippen molar-refractivity contribution in [3.63, 3.8) is 0 Å². The predicted molar refractivity (Wildman–Crippen MR) is 61.2 cm³/mol. The minimum absolute atomic E-state index is 0.144. The summed E-state index contributed by atoms with van der Waals surface area (Å²) in [6.45, 7) is 4.85. The van der Waals surface area contributed by atoms with E-state index in [1.807, 2.05) is 0 Å². The molecule has 0 radical (unpaired) electrons. The molecule has 1 rings (SSSR count). The molecule has 0 N–H and O–H groups in total. The van der Waals surface area contributed by atoms with Gasteiger partial charge in [-0.1, -0.05) is 18.3 Å². The first kappa shape index (κ1) is 12.5. The number of carbonyl (C=O) groups excluding carboxylic acids is 1. The third-order valence-corrected chi connectivity index (χ3v) is 2.45. The number of aromatic nitrogens is 2. The lowest BCUT2D eigenvalue weighted by molar-refractivity contribution is -0.143. The van der Waals surface area contributed by atoms with E-state index in [-0.39, 0.29) is 12.3 Å². The van der Waals surface area contributed by atoms with Crippen LogP contribution in [0.2, 0.25) is 0 Å². The van der Waals surface area contributed by atoms with Crippen molar-refractivity contribution < 1.29 is 9.53 Å². The van der Waals surface area contributed by atoms with Crippen LogP contribution >= 0.6 is 11.8 Å². The second-order valence-corrected chi connectivity index (χ2v) is 3.81. The molecule has 0 aliphatic heterocycles. The predicted octanol–water partition coefficient (Wildman–Crippen LogP) is 1.04. The van der Waals surface area contributed by atoms with Crippen molar-refractivity contribution >= 4 is 17.7 Å². The average molecular weight is 240 g/mol. The van der Waals surface area contributed by atoms with Crippen LogP contribution in [-0.2, 0) is 16.3 Å². The third-order valence-electron chi connectivity index (χ3n) is 1.75. The van der Waals surface area contributed by atoms with Crippen LogP contribution in [0, 0.1) is 0 Å². The van der Waals surface area contributed by atoms with Crippen LogP contribution in [-0.4, -0.2) is 21.8 Å². The number of esters is 1. The molecular weight excluding hydrogens is 228 g/mol. The fourth-order valence-electron chi connectivity index (χ4n) is 0.947. The molecule has 0 unspecified atom stereocenters. The quantitative estimate of drug-likeness (QED) is 0.340. The molecule has 86 valence electrons. The summed E-state index contributed by atoms with van der Waals surface area (Å²) in [5.74, 6) is -0.525. The molecule has 0 atom stereocenters. The van der Waals surface area contributed by atoms with Crippen LogP contribution in [0.5, 0.6) is 0 Å². The Hall–Kier alpha value is -1.56. The van der Waals surface area contributed by atoms with Crippen molar-refractivity contribution in [2.75, 3.05) is 6.26 Å². The number of nitrogens with zero attached hydrogens (tertiary/aromatic N) is 2. The fourth-order valence-corrected chi connectivity index (χ4v) is 1.48. The van der Waals surface area contributed by atoms with Gasteiger partial charge in [0.1, 0.15) is 0 Å². The van der Waals surface area contributed by atoms with Gasteiger partial charge in [0.25, 0.3) is 5.56 Å². The third kappa shape index (κ3) is 2.96. The van der Waals surface area contributed by atoms with Crippen LogP contribution in [0.1, 0.15) is 6.92 Å². The zero-order valence-electron chi connectivity index (χ0n) is 9.10. The van der Waals surface area contributed by atoms with Crippen molar-refractivity contribution in [3.05, 3.63) is 34.8 Å². The lowest BCUT2D eigenvalue weighted by Crippen LogP contribution is -2.24. The maximum atomic E-state index is 11.5. The highest BCUT2D eigenvalue weighted by Gasteiger charge is 2.07. The van der Waals surface area contributed by atoms with Gasteiger partial charge in [-0.15, -0.1) is 0 Å². The summed E-state index contributed by atoms with van der Waals surface area (Å²) in [6, 6.07) is 1.31. The lowest BCUT2D eigenvalue weighted by Gasteiger charge is -2.09. The van der Waals surface area contributed by atoms with Crippen LogP contribution in [0.25, 0.3) is 0 Å². The molecule has 6 heteroatoms. The Balaban J connectivity index is 2.85. The van der Waals surface area contributed by atoms with Crippen LogP contribution in [0.15, 0.2) is 34.4 Å². The molecule has 0 aliphatic carbocycles. The topological polar surface area (TPSA) is 61.2 Å². The maximum absolute atomic E-state index is 11.5. The van der Waals surface area contributed by atoms with Crippen molar-refractivity contribution in [1.29, 1.82) is 0 Å². The van der Waals surface area contributed by atoms with Gasteiger partial charge in [-0.25, -0.2) is 9.78 Å². The molecule has 0 amide bonds. The molecule has 0 aliphatic rings. The SMILES string of the molecule is C=C(C)C(=O)OCn1c(SC)nccc1=O. The largest absolute Gasteiger partial charge is 0.440 e. The Kier molecular flexibility index (Phi) is 4.30. The molecule has 1 heterocycles. The number of hydrogen-bond acceptors (Lipinski definition) is 5. The molecule has 5 nitrogen and oxygen atoms in total. The molecule has 0 fully saturated rings. The number of thioether (sulfide) groups is 1. The molecule has 0 aromatic carbocycles. The van der Waals surface area contributed by atoms with Gasteiger partial charge in [0.2, 0.25) is 0 Å². The number of hydrogen-bond donors (Lipinski definition) is 0. The monoisotopic (exact) mass is 240 g/mol. The molecule has 16 heavy (non-hydrogen) atoms. The Morgan fingerprint density at radius 3 is 2.94 bits per heavy atom. The lowest BCUT2D eigenvalue weighted by atomic mass is 10.4. The Labute approximate surface area is 97.1 Å². The van der Waals surface area contributed by atoms with Gasteiger partial charge < -0.3 is 4.74 Å². The average Bonchev–Trinajstić information content (AvgIpc) is 2.26. The summed E-state index contributed by atoms with van der Waals surface area (Å²) in [5, 5.41) is 0.502. The van der Waals surface area contributed by atoms with E-state index >= 15 is 0 Å². The van der Waals surface area contributed by atoms with Crippen molar-refractivity contribution in [3.8, 4) is 0 Å². The molecule has 0 saturated heterocycles. The molecular formula is C10H12N2O3S. The van der Waals surface area contributed by atoms with Gasteiger partial charge in [-0.3, -0.25) is 9.36 Å². The minimum Gasteiger partial charge on any atom is -0.440 e. The van der Waals surface area contributed by atoms with Crippen molar-refractivity contribution in [2.45, 2.75) is 18.8 Å². The minimum atomic E-state index is -0.525. The van der Waals surface area contributed by atoms with E-state index in [1.165, 1.54) is 28.6 Å². The number of rotatable bonds is 4. The highest BCUT2D eigenvalue weighted by atomic mass is 32.2.